The van der Waals surface area contributed by atoms with Gasteiger partial charge in [-0.05, 0) is 62.0 Å². The van der Waals surface area contributed by atoms with Gasteiger partial charge in [-0.2, -0.15) is 0 Å². The van der Waals surface area contributed by atoms with Crippen LogP contribution in [0.2, 0.25) is 0 Å². The zero-order valence-corrected chi connectivity index (χ0v) is 23.7. The van der Waals surface area contributed by atoms with Crippen LogP contribution in [0.5, 0.6) is 23.0 Å². The van der Waals surface area contributed by atoms with Crippen LogP contribution in [-0.2, 0) is 33.3 Å². The number of aliphatic hydroxyl groups excluding tert-OH is 2. The normalized spacial score (nSPS) is 44.5. The Morgan fingerprint density at radius 1 is 0.659 bits per heavy atom. The molecule has 2 saturated heterocycles. The number of nitrogens with one attached hydrogen (secondary N) is 2. The first kappa shape index (κ1) is 27.1. The Morgan fingerprint density at radius 2 is 1.07 bits per heavy atom. The number of ether oxygens (including phenoxy) is 2. The van der Waals surface area contributed by atoms with E-state index < -0.39 is 46.4 Å². The Hall–Kier alpha value is -3.26. The number of aliphatic hydroxyl groups is 4. The minimum atomic E-state index is -1.45. The van der Waals surface area contributed by atoms with Gasteiger partial charge in [-0.3, -0.25) is 9.59 Å². The van der Waals surface area contributed by atoms with Gasteiger partial charge < -0.3 is 50.7 Å². The zero-order valence-electron chi connectivity index (χ0n) is 23.7. The van der Waals surface area contributed by atoms with Crippen molar-refractivity contribution in [1.82, 2.24) is 10.6 Å². The molecule has 0 aromatic heterocycles. The van der Waals surface area contributed by atoms with Crippen LogP contribution in [0, 0.1) is 0 Å². The molecule has 10 atom stereocenters. The third-order valence-corrected chi connectivity index (χ3v) is 12.3. The lowest BCUT2D eigenvalue weighted by molar-refractivity contribution is -0.206. The fraction of sp³-hybridized carbons (Fsp3) is 0.562. The summed E-state index contributed by atoms with van der Waals surface area (Å²) < 4.78 is 11.7. The molecule has 12 nitrogen and oxygen atoms in total. The third kappa shape index (κ3) is 2.71. The number of phenols is 2. The topological polar surface area (TPSA) is 198 Å². The van der Waals surface area contributed by atoms with Crippen LogP contribution in [0.1, 0.15) is 47.9 Å². The fourth-order valence-corrected chi connectivity index (χ4v) is 10.6. The molecule has 4 unspecified atom stereocenters. The van der Waals surface area contributed by atoms with Gasteiger partial charge in [-0.15, -0.1) is 0 Å². The summed E-state index contributed by atoms with van der Waals surface area (Å²) in [5, 5.41) is 70.9. The minimum Gasteiger partial charge on any atom is -0.504 e. The van der Waals surface area contributed by atoms with Crippen LogP contribution in [0.4, 0.5) is 0 Å². The molecule has 12 heteroatoms. The lowest BCUT2D eigenvalue weighted by atomic mass is 9.48. The van der Waals surface area contributed by atoms with E-state index in [4.69, 9.17) is 9.47 Å². The first-order chi connectivity index (χ1) is 21.0. The monoisotopic (exact) mass is 606 g/mol. The molecule has 4 heterocycles. The van der Waals surface area contributed by atoms with E-state index in [1.807, 2.05) is 12.1 Å². The van der Waals surface area contributed by atoms with Crippen LogP contribution in [-0.4, -0.2) is 103 Å². The molecule has 4 aliphatic carbocycles. The highest BCUT2D eigenvalue weighted by atomic mass is 16.5. The molecule has 8 aliphatic rings. The first-order valence-electron chi connectivity index (χ1n) is 15.4. The van der Waals surface area contributed by atoms with Gasteiger partial charge in [-0.1, -0.05) is 12.1 Å². The van der Waals surface area contributed by atoms with Gasteiger partial charge in [0.2, 0.25) is 0 Å². The molecule has 2 spiro atoms. The minimum absolute atomic E-state index is 0.0100. The lowest BCUT2D eigenvalue weighted by Crippen LogP contribution is -2.80. The Morgan fingerprint density at radius 3 is 1.48 bits per heavy atom. The van der Waals surface area contributed by atoms with Gasteiger partial charge in [0.25, 0.3) is 0 Å². The summed E-state index contributed by atoms with van der Waals surface area (Å²) in [7, 11) is 0. The maximum atomic E-state index is 12.5. The molecular weight excluding hydrogens is 572 g/mol. The van der Waals surface area contributed by atoms with Crippen molar-refractivity contribution >= 4 is 11.6 Å². The van der Waals surface area contributed by atoms with Crippen LogP contribution in [0.3, 0.4) is 0 Å². The third-order valence-electron chi connectivity index (χ3n) is 12.3. The zero-order chi connectivity index (χ0) is 30.6. The van der Waals surface area contributed by atoms with Crippen molar-refractivity contribution in [3.8, 4) is 23.0 Å². The van der Waals surface area contributed by atoms with E-state index in [9.17, 15) is 40.2 Å². The molecule has 10 rings (SSSR count). The van der Waals surface area contributed by atoms with Crippen LogP contribution in [0.25, 0.3) is 0 Å². The highest BCUT2D eigenvalue weighted by Crippen LogP contribution is 2.65. The van der Waals surface area contributed by atoms with E-state index in [1.54, 1.807) is 12.1 Å². The van der Waals surface area contributed by atoms with Crippen LogP contribution in [0.15, 0.2) is 24.3 Å². The molecule has 232 valence electrons. The molecule has 8 N–H and O–H groups in total. The first-order valence-corrected chi connectivity index (χ1v) is 15.4. The fourth-order valence-electron chi connectivity index (χ4n) is 10.6. The molecule has 2 saturated carbocycles. The Bertz CT molecular complexity index is 1560. The average Bonchev–Trinajstić information content (AvgIpc) is 3.51. The van der Waals surface area contributed by atoms with Crippen molar-refractivity contribution in [2.24, 2.45) is 0 Å². The number of hydrogen-bond acceptors (Lipinski definition) is 12. The second-order valence-corrected chi connectivity index (χ2v) is 13.8. The standard InChI is InChI=1S/2C16H17NO5/c2*18-8-2-1-7-5-10-16(21)11(20)6-9(19)14-15(16,3-4-17-10)12(7)13(8)22-14/h2*1-2,10-11,14,17-18,20-21H,3-6H2/t10-,11+,14?,15?,16+;10-,11-,14?,15?,16+/m11/s1. The van der Waals surface area contributed by atoms with Crippen molar-refractivity contribution in [2.45, 2.75) is 97.1 Å². The van der Waals surface area contributed by atoms with E-state index in [-0.39, 0.29) is 48.0 Å². The molecule has 2 aromatic rings. The number of benzene rings is 2. The Balaban J connectivity index is 0.000000123. The van der Waals surface area contributed by atoms with E-state index in [0.29, 0.717) is 50.3 Å². The Labute approximate surface area is 251 Å². The molecule has 44 heavy (non-hydrogen) atoms. The van der Waals surface area contributed by atoms with Gasteiger partial charge in [-0.25, -0.2) is 0 Å². The van der Waals surface area contributed by atoms with Crippen LogP contribution >= 0.6 is 0 Å². The van der Waals surface area contributed by atoms with Crippen molar-refractivity contribution in [1.29, 1.82) is 0 Å². The number of Topliss-reactive ketones (excluding diaryl/α,β-unsaturated/α-hetero) is 2. The SMILES string of the molecule is O=C1C[C@@H](O)[C@@]2(O)[C@H]3Cc4ccc(O)c5c4C2(CCN3)C1O5.O=C1C[C@H](O)[C@@]2(O)[C@H]3Cc4ccc(O)c5c4C2(CCN3)C1O5. The number of carbonyl (C=O) groups is 2. The van der Waals surface area contributed by atoms with E-state index in [0.717, 1.165) is 22.3 Å². The van der Waals surface area contributed by atoms with Crippen molar-refractivity contribution < 1.29 is 49.7 Å². The smallest absolute Gasteiger partial charge is 0.177 e. The molecule has 4 fully saturated rings. The second kappa shape index (κ2) is 8.31. The summed E-state index contributed by atoms with van der Waals surface area (Å²) in [4.78, 5) is 25.0. The Kier molecular flexibility index (Phi) is 5.11. The van der Waals surface area contributed by atoms with Crippen molar-refractivity contribution in [2.75, 3.05) is 13.1 Å². The van der Waals surface area contributed by atoms with Crippen molar-refractivity contribution in [3.63, 3.8) is 0 Å². The highest BCUT2D eigenvalue weighted by molar-refractivity contribution is 5.91. The molecule has 2 aromatic carbocycles. The van der Waals surface area contributed by atoms with E-state index in [1.165, 1.54) is 0 Å². The van der Waals surface area contributed by atoms with Crippen molar-refractivity contribution in [3.05, 3.63) is 46.5 Å². The van der Waals surface area contributed by atoms with Gasteiger partial charge in [0.15, 0.2) is 46.8 Å². The molecule has 0 amide bonds. The number of piperidine rings is 2. The number of rotatable bonds is 0. The second-order valence-electron chi connectivity index (χ2n) is 13.8. The summed E-state index contributed by atoms with van der Waals surface area (Å²) in [6.07, 6.45) is -2.06. The average molecular weight is 607 g/mol. The molecule has 4 aliphatic heterocycles. The summed E-state index contributed by atoms with van der Waals surface area (Å²) in [6, 6.07) is 6.16. The number of carbonyl (C=O) groups excluding carboxylic acids is 2. The predicted octanol–water partition coefficient (Wildman–Crippen LogP) is -1.25. The number of phenolic OH excluding ortho intramolecular Hbond substituents is 2. The number of hydrogen-bond donors (Lipinski definition) is 8. The maximum absolute atomic E-state index is 12.5. The lowest BCUT2D eigenvalue weighted by Gasteiger charge is -2.61. The summed E-state index contributed by atoms with van der Waals surface area (Å²) >= 11 is 0. The van der Waals surface area contributed by atoms with Gasteiger partial charge >= 0.3 is 0 Å². The molecule has 0 radical (unpaired) electrons. The number of aromatic hydroxyl groups is 2. The number of ketones is 2. The molecular formula is C32H34N2O10. The maximum Gasteiger partial charge on any atom is 0.177 e. The largest absolute Gasteiger partial charge is 0.504 e. The molecule has 4 bridgehead atoms. The predicted molar refractivity (Wildman–Crippen MR) is 150 cm³/mol. The van der Waals surface area contributed by atoms with Crippen LogP contribution < -0.4 is 20.1 Å². The summed E-state index contributed by atoms with van der Waals surface area (Å²) in [6.45, 7) is 1.28. The summed E-state index contributed by atoms with van der Waals surface area (Å²) in [5.74, 6) is 0.184. The van der Waals surface area contributed by atoms with Gasteiger partial charge in [0.1, 0.15) is 11.2 Å². The summed E-state index contributed by atoms with van der Waals surface area (Å²) in [5.41, 5.74) is -1.42. The quantitative estimate of drug-likeness (QED) is 0.178. The highest BCUT2D eigenvalue weighted by Gasteiger charge is 2.76. The van der Waals surface area contributed by atoms with E-state index in [2.05, 4.69) is 10.6 Å². The van der Waals surface area contributed by atoms with Gasteiger partial charge in [0, 0.05) is 36.1 Å². The van der Waals surface area contributed by atoms with E-state index >= 15 is 0 Å². The van der Waals surface area contributed by atoms with Gasteiger partial charge in [0.05, 0.1) is 23.0 Å².